The molecule has 4 heteroatoms. The van der Waals surface area contributed by atoms with E-state index in [1.54, 1.807) is 0 Å². The van der Waals surface area contributed by atoms with Crippen LogP contribution in [0.1, 0.15) is 62.2 Å². The van der Waals surface area contributed by atoms with E-state index in [4.69, 9.17) is 4.42 Å². The molecule has 1 amide bonds. The molecule has 25 heavy (non-hydrogen) atoms. The molecule has 0 radical (unpaired) electrons. The molecule has 4 nitrogen and oxygen atoms in total. The van der Waals surface area contributed by atoms with E-state index in [2.05, 4.69) is 48.7 Å². The summed E-state index contributed by atoms with van der Waals surface area (Å²) < 4.78 is 5.95. The lowest BCUT2D eigenvalue weighted by atomic mass is 10.1. The standard InChI is InChI=1S/C21H26N2O2/c1-13-11-19(13)20-10-9-18(25-20)12-22-14(2)15-5-7-17(8-6-15)23-21(24)16-3-4-16/h5-10,13-14,16,19,22H,3-4,11-12H2,1-2H3,(H,23,24). The average molecular weight is 338 g/mol. The molecule has 3 atom stereocenters. The molecular weight excluding hydrogens is 312 g/mol. The lowest BCUT2D eigenvalue weighted by Crippen LogP contribution is -2.18. The van der Waals surface area contributed by atoms with Gasteiger partial charge in [-0.15, -0.1) is 0 Å². The molecule has 132 valence electrons. The Bertz CT molecular complexity index is 746. The van der Waals surface area contributed by atoms with Crippen molar-refractivity contribution in [2.45, 2.75) is 51.6 Å². The first kappa shape index (κ1) is 16.4. The first-order valence-corrected chi connectivity index (χ1v) is 9.33. The van der Waals surface area contributed by atoms with Gasteiger partial charge in [-0.05, 0) is 61.9 Å². The van der Waals surface area contributed by atoms with Crippen LogP contribution in [0.25, 0.3) is 0 Å². The van der Waals surface area contributed by atoms with Crippen LogP contribution in [0.4, 0.5) is 5.69 Å². The van der Waals surface area contributed by atoms with Gasteiger partial charge in [0.2, 0.25) is 5.91 Å². The Morgan fingerprint density at radius 3 is 2.56 bits per heavy atom. The molecule has 3 unspecified atom stereocenters. The lowest BCUT2D eigenvalue weighted by molar-refractivity contribution is -0.117. The van der Waals surface area contributed by atoms with Gasteiger partial charge in [0, 0.05) is 23.6 Å². The van der Waals surface area contributed by atoms with Crippen molar-refractivity contribution >= 4 is 11.6 Å². The van der Waals surface area contributed by atoms with Gasteiger partial charge in [0.15, 0.2) is 0 Å². The molecule has 0 aliphatic heterocycles. The van der Waals surface area contributed by atoms with Crippen molar-refractivity contribution in [2.24, 2.45) is 11.8 Å². The van der Waals surface area contributed by atoms with Gasteiger partial charge >= 0.3 is 0 Å². The minimum Gasteiger partial charge on any atom is -0.464 e. The van der Waals surface area contributed by atoms with E-state index >= 15 is 0 Å². The minimum atomic E-state index is 0.150. The average Bonchev–Trinajstić information content (AvgIpc) is 3.53. The van der Waals surface area contributed by atoms with Crippen molar-refractivity contribution in [3.63, 3.8) is 0 Å². The third-order valence-electron chi connectivity index (χ3n) is 5.37. The number of hydrogen-bond acceptors (Lipinski definition) is 3. The molecular formula is C21H26N2O2. The number of rotatable bonds is 7. The molecule has 2 saturated carbocycles. The van der Waals surface area contributed by atoms with Crippen molar-refractivity contribution < 1.29 is 9.21 Å². The predicted octanol–water partition coefficient (Wildman–Crippen LogP) is 4.60. The first-order valence-electron chi connectivity index (χ1n) is 9.33. The molecule has 2 aliphatic rings. The summed E-state index contributed by atoms with van der Waals surface area (Å²) in [4.78, 5) is 11.8. The van der Waals surface area contributed by atoms with Gasteiger partial charge in [-0.1, -0.05) is 19.1 Å². The molecule has 0 spiro atoms. The van der Waals surface area contributed by atoms with Gasteiger partial charge in [-0.25, -0.2) is 0 Å². The zero-order valence-corrected chi connectivity index (χ0v) is 14.9. The maximum Gasteiger partial charge on any atom is 0.227 e. The van der Waals surface area contributed by atoms with E-state index in [1.807, 2.05) is 12.1 Å². The molecule has 2 N–H and O–H groups in total. The highest BCUT2D eigenvalue weighted by atomic mass is 16.3. The van der Waals surface area contributed by atoms with Gasteiger partial charge in [-0.2, -0.15) is 0 Å². The summed E-state index contributed by atoms with van der Waals surface area (Å²) >= 11 is 0. The predicted molar refractivity (Wildman–Crippen MR) is 98.3 cm³/mol. The monoisotopic (exact) mass is 338 g/mol. The van der Waals surface area contributed by atoms with E-state index in [0.29, 0.717) is 5.92 Å². The first-order chi connectivity index (χ1) is 12.1. The molecule has 2 aromatic rings. The summed E-state index contributed by atoms with van der Waals surface area (Å²) in [5.41, 5.74) is 2.08. The van der Waals surface area contributed by atoms with Gasteiger partial charge in [-0.3, -0.25) is 4.79 Å². The van der Waals surface area contributed by atoms with Crippen LogP contribution in [0, 0.1) is 11.8 Å². The van der Waals surface area contributed by atoms with Crippen molar-refractivity contribution in [1.82, 2.24) is 5.32 Å². The van der Waals surface area contributed by atoms with Crippen LogP contribution >= 0.6 is 0 Å². The highest BCUT2D eigenvalue weighted by Gasteiger charge is 2.36. The Kier molecular flexibility index (Phi) is 4.38. The van der Waals surface area contributed by atoms with Crippen molar-refractivity contribution in [3.05, 3.63) is 53.5 Å². The Balaban J connectivity index is 1.29. The molecule has 1 aromatic carbocycles. The second-order valence-corrected chi connectivity index (χ2v) is 7.61. The Morgan fingerprint density at radius 2 is 1.92 bits per heavy atom. The largest absolute Gasteiger partial charge is 0.464 e. The number of carbonyl (C=O) groups excluding carboxylic acids is 1. The van der Waals surface area contributed by atoms with E-state index < -0.39 is 0 Å². The summed E-state index contributed by atoms with van der Waals surface area (Å²) in [5.74, 6) is 3.91. The molecule has 1 heterocycles. The van der Waals surface area contributed by atoms with Crippen LogP contribution in [0.3, 0.4) is 0 Å². The smallest absolute Gasteiger partial charge is 0.227 e. The van der Waals surface area contributed by atoms with Crippen molar-refractivity contribution in [2.75, 3.05) is 5.32 Å². The van der Waals surface area contributed by atoms with Crippen LogP contribution < -0.4 is 10.6 Å². The summed E-state index contributed by atoms with van der Waals surface area (Å²) in [7, 11) is 0. The fourth-order valence-electron chi connectivity index (χ4n) is 3.22. The minimum absolute atomic E-state index is 0.150. The maximum atomic E-state index is 11.8. The van der Waals surface area contributed by atoms with E-state index in [0.717, 1.165) is 42.5 Å². The third kappa shape index (κ3) is 3.96. The van der Waals surface area contributed by atoms with Crippen LogP contribution in [-0.4, -0.2) is 5.91 Å². The molecule has 1 aromatic heterocycles. The second-order valence-electron chi connectivity index (χ2n) is 7.61. The number of amides is 1. The number of anilines is 1. The summed E-state index contributed by atoms with van der Waals surface area (Å²) in [6.07, 6.45) is 3.30. The van der Waals surface area contributed by atoms with Gasteiger partial charge in [0.25, 0.3) is 0 Å². The Morgan fingerprint density at radius 1 is 1.20 bits per heavy atom. The number of furan rings is 1. The van der Waals surface area contributed by atoms with Crippen LogP contribution in [-0.2, 0) is 11.3 Å². The lowest BCUT2D eigenvalue weighted by Gasteiger charge is -2.14. The molecule has 2 fully saturated rings. The van der Waals surface area contributed by atoms with Crippen molar-refractivity contribution in [1.29, 1.82) is 0 Å². The van der Waals surface area contributed by atoms with Crippen molar-refractivity contribution in [3.8, 4) is 0 Å². The zero-order chi connectivity index (χ0) is 17.4. The third-order valence-corrected chi connectivity index (χ3v) is 5.37. The van der Waals surface area contributed by atoms with Crippen LogP contribution in [0.2, 0.25) is 0 Å². The Hall–Kier alpha value is -2.07. The summed E-state index contributed by atoms with van der Waals surface area (Å²) in [6, 6.07) is 12.5. The van der Waals surface area contributed by atoms with Gasteiger partial charge in [0.1, 0.15) is 11.5 Å². The fraction of sp³-hybridized carbons (Fsp3) is 0.476. The SMILES string of the molecule is CC(NCc1ccc(C2CC2C)o1)c1ccc(NC(=O)C2CC2)cc1. The number of carbonyl (C=O) groups is 1. The van der Waals surface area contributed by atoms with Crippen LogP contribution in [0.5, 0.6) is 0 Å². The molecule has 0 bridgehead atoms. The molecule has 0 saturated heterocycles. The van der Waals surface area contributed by atoms with E-state index in [9.17, 15) is 4.79 Å². The highest BCUT2D eigenvalue weighted by molar-refractivity contribution is 5.94. The fourth-order valence-corrected chi connectivity index (χ4v) is 3.22. The number of nitrogens with one attached hydrogen (secondary N) is 2. The zero-order valence-electron chi connectivity index (χ0n) is 14.9. The van der Waals surface area contributed by atoms with E-state index in [1.165, 1.54) is 12.0 Å². The quantitative estimate of drug-likeness (QED) is 0.775. The normalized spacial score (nSPS) is 23.3. The topological polar surface area (TPSA) is 54.3 Å². The number of benzene rings is 1. The summed E-state index contributed by atoms with van der Waals surface area (Å²) in [6.45, 7) is 5.14. The molecule has 2 aliphatic carbocycles. The number of hydrogen-bond donors (Lipinski definition) is 2. The Labute approximate surface area is 149 Å². The summed E-state index contributed by atoms with van der Waals surface area (Å²) in [5, 5.41) is 6.48. The second kappa shape index (κ2) is 6.68. The van der Waals surface area contributed by atoms with E-state index in [-0.39, 0.29) is 17.9 Å². The highest BCUT2D eigenvalue weighted by Crippen LogP contribution is 2.47. The maximum absolute atomic E-state index is 11.8. The van der Waals surface area contributed by atoms with Gasteiger partial charge < -0.3 is 15.1 Å². The molecule has 4 rings (SSSR count). The van der Waals surface area contributed by atoms with Crippen LogP contribution in [0.15, 0.2) is 40.8 Å². The van der Waals surface area contributed by atoms with Gasteiger partial charge in [0.05, 0.1) is 6.54 Å².